The van der Waals surface area contributed by atoms with Gasteiger partial charge in [0.25, 0.3) is 11.8 Å². The molecule has 0 bridgehead atoms. The van der Waals surface area contributed by atoms with Gasteiger partial charge in [0.05, 0.1) is 0 Å². The molecule has 4 N–H and O–H groups in total. The van der Waals surface area contributed by atoms with E-state index in [1.165, 1.54) is 0 Å². The van der Waals surface area contributed by atoms with Gasteiger partial charge in [-0.05, 0) is 0 Å². The fraction of sp³-hybridized carbons (Fsp3) is 0.875. The van der Waals surface area contributed by atoms with Gasteiger partial charge in [-0.15, -0.1) is 0 Å². The summed E-state index contributed by atoms with van der Waals surface area (Å²) >= 11 is 0. The molecule has 0 spiro atoms. The van der Waals surface area contributed by atoms with Crippen LogP contribution in [0.25, 0.3) is 0 Å². The summed E-state index contributed by atoms with van der Waals surface area (Å²) in [6, 6.07) is 0. The molecule has 2 amide bonds. The van der Waals surface area contributed by atoms with Crippen molar-refractivity contribution in [1.82, 2.24) is 0 Å². The smallest absolute Gasteiger partial charge is 0.364 e. The van der Waals surface area contributed by atoms with Crippen LogP contribution in [0.4, 0.5) is 123 Å². The second-order valence-electron chi connectivity index (χ2n) is 8.72. The monoisotopic (exact) mass is 852 g/mol. The molecule has 52 heavy (non-hydrogen) atoms. The first kappa shape index (κ1) is 48.8. The van der Waals surface area contributed by atoms with Crippen molar-refractivity contribution in [2.75, 3.05) is 0 Å². The number of halogens is 28. The van der Waals surface area contributed by atoms with Crippen molar-refractivity contribution in [3.05, 3.63) is 0 Å². The average molecular weight is 852 g/mol. The number of nitrogens with two attached hydrogens (primary N) is 2. The van der Waals surface area contributed by atoms with Gasteiger partial charge in [-0.2, -0.15) is 123 Å². The average Bonchev–Trinajstić information content (AvgIpc) is 2.84. The topological polar surface area (TPSA) is 123 Å². The van der Waals surface area contributed by atoms with E-state index in [0.29, 0.717) is 0 Å². The molecular formula is C16H4F28N2O6. The number of ether oxygens (including phenoxy) is 4. The lowest BCUT2D eigenvalue weighted by atomic mass is 10.1. The molecule has 0 rings (SSSR count). The van der Waals surface area contributed by atoms with Crippen LogP contribution in [0, 0.1) is 0 Å². The Morgan fingerprint density at radius 1 is 0.269 bits per heavy atom. The first-order valence-corrected chi connectivity index (χ1v) is 10.7. The van der Waals surface area contributed by atoms with Crippen LogP contribution in [0.5, 0.6) is 0 Å². The summed E-state index contributed by atoms with van der Waals surface area (Å²) in [7, 11) is 0. The molecule has 36 heteroatoms. The molecule has 0 saturated heterocycles. The fourth-order valence-corrected chi connectivity index (χ4v) is 2.18. The minimum Gasteiger partial charge on any atom is -0.364 e. The predicted octanol–water partition coefficient (Wildman–Crippen LogP) is 6.58. The van der Waals surface area contributed by atoms with Crippen molar-refractivity contribution in [2.45, 2.75) is 84.4 Å². The van der Waals surface area contributed by atoms with Crippen molar-refractivity contribution in [3.8, 4) is 0 Å². The zero-order valence-corrected chi connectivity index (χ0v) is 22.2. The molecule has 0 radical (unpaired) electrons. The molecule has 8 nitrogen and oxygen atoms in total. The Hall–Kier alpha value is -3.18. The molecule has 0 saturated carbocycles. The van der Waals surface area contributed by atoms with Crippen molar-refractivity contribution in [3.63, 3.8) is 0 Å². The molecular weight excluding hydrogens is 848 g/mol. The molecule has 0 aliphatic carbocycles. The van der Waals surface area contributed by atoms with E-state index in [4.69, 9.17) is 0 Å². The second kappa shape index (κ2) is 12.7. The summed E-state index contributed by atoms with van der Waals surface area (Å²) in [6.45, 7) is 0. The summed E-state index contributed by atoms with van der Waals surface area (Å²) in [5, 5.41) is 0. The normalized spacial score (nSPS) is 16.3. The van der Waals surface area contributed by atoms with E-state index in [-0.39, 0.29) is 0 Å². The number of rotatable bonds is 19. The van der Waals surface area contributed by atoms with Gasteiger partial charge in [0, 0.05) is 0 Å². The molecule has 0 atom stereocenters. The highest BCUT2D eigenvalue weighted by Gasteiger charge is 2.88. The van der Waals surface area contributed by atoms with E-state index in [9.17, 15) is 133 Å². The summed E-state index contributed by atoms with van der Waals surface area (Å²) in [5.41, 5.74) is 6.99. The van der Waals surface area contributed by atoms with Crippen molar-refractivity contribution >= 4 is 11.8 Å². The largest absolute Gasteiger partial charge is 0.453 e. The summed E-state index contributed by atoms with van der Waals surface area (Å²) in [4.78, 5) is 20.3. The molecule has 0 aromatic heterocycles. The Morgan fingerprint density at radius 3 is 0.538 bits per heavy atom. The van der Waals surface area contributed by atoms with Gasteiger partial charge < -0.3 is 11.5 Å². The molecule has 0 fully saturated rings. The zero-order chi connectivity index (χ0) is 43.0. The number of hydrogen-bond donors (Lipinski definition) is 2. The van der Waals surface area contributed by atoms with E-state index in [1.807, 2.05) is 0 Å². The number of carbonyl (C=O) groups excluding carboxylic acids is 2. The summed E-state index contributed by atoms with van der Waals surface area (Å²) < 4.78 is 377. The number of amides is 2. The van der Waals surface area contributed by atoms with Crippen LogP contribution in [0.1, 0.15) is 0 Å². The molecule has 0 aromatic rings. The Kier molecular flexibility index (Phi) is 11.9. The quantitative estimate of drug-likeness (QED) is 0.142. The van der Waals surface area contributed by atoms with Gasteiger partial charge in [-0.25, -0.2) is 18.9 Å². The lowest BCUT2D eigenvalue weighted by Gasteiger charge is -2.40. The van der Waals surface area contributed by atoms with E-state index >= 15 is 0 Å². The Morgan fingerprint density at radius 2 is 0.404 bits per heavy atom. The van der Waals surface area contributed by atoms with Crippen LogP contribution >= 0.6 is 0 Å². The molecule has 0 heterocycles. The molecule has 0 unspecified atom stereocenters. The van der Waals surface area contributed by atoms with E-state index < -0.39 is 96.2 Å². The first-order chi connectivity index (χ1) is 22.0. The van der Waals surface area contributed by atoms with Crippen LogP contribution in [0.3, 0.4) is 0 Å². The summed E-state index contributed by atoms with van der Waals surface area (Å²) in [5.74, 6) is -56.2. The number of carbonyl (C=O) groups is 2. The fourth-order valence-electron chi connectivity index (χ4n) is 2.18. The number of hydrogen-bond acceptors (Lipinski definition) is 6. The van der Waals surface area contributed by atoms with E-state index in [0.717, 1.165) is 18.9 Å². The summed E-state index contributed by atoms with van der Waals surface area (Å²) in [6.07, 6.45) is -67.3. The molecule has 310 valence electrons. The molecule has 0 aliphatic rings. The zero-order valence-electron chi connectivity index (χ0n) is 22.2. The SMILES string of the molecule is NC(=O)C(F)(F)C(F)(F)C(F)(F)OC(F)(F)C(F)(F)OC(F)(F)C(F)(F)C(F)(F)C(F)(F)OC(F)(F)C(F)(F)OC(F)(F)C(F)(F)C(F)(F)C(N)=O. The second-order valence-corrected chi connectivity index (χ2v) is 8.72. The maximum Gasteiger partial charge on any atom is 0.453 e. The van der Waals surface area contributed by atoms with Crippen molar-refractivity contribution in [1.29, 1.82) is 0 Å². The van der Waals surface area contributed by atoms with E-state index in [1.54, 1.807) is 0 Å². The highest BCUT2D eigenvalue weighted by Crippen LogP contribution is 2.59. The minimum absolute atomic E-state index is 0.910. The highest BCUT2D eigenvalue weighted by atomic mass is 19.4. The number of primary amides is 2. The maximum absolute atomic E-state index is 13.6. The number of alkyl halides is 28. The minimum atomic E-state index is -9.10. The molecule has 0 aliphatic heterocycles. The van der Waals surface area contributed by atoms with Crippen LogP contribution < -0.4 is 11.5 Å². The lowest BCUT2D eigenvalue weighted by molar-refractivity contribution is -0.571. The van der Waals surface area contributed by atoms with Gasteiger partial charge in [-0.3, -0.25) is 9.59 Å². The maximum atomic E-state index is 13.6. The third-order valence-corrected chi connectivity index (χ3v) is 4.97. The Labute approximate surface area is 260 Å². The predicted molar refractivity (Wildman–Crippen MR) is 92.0 cm³/mol. The Bertz CT molecular complexity index is 1250. The van der Waals surface area contributed by atoms with Gasteiger partial charge in [0.2, 0.25) is 0 Å². The van der Waals surface area contributed by atoms with E-state index in [2.05, 4.69) is 11.5 Å². The van der Waals surface area contributed by atoms with Crippen LogP contribution in [0.15, 0.2) is 0 Å². The van der Waals surface area contributed by atoms with Gasteiger partial charge in [-0.1, -0.05) is 0 Å². The van der Waals surface area contributed by atoms with Gasteiger partial charge >= 0.3 is 84.4 Å². The highest BCUT2D eigenvalue weighted by molar-refractivity contribution is 5.83. The van der Waals surface area contributed by atoms with Crippen LogP contribution in [-0.4, -0.2) is 96.2 Å². The van der Waals surface area contributed by atoms with Crippen LogP contribution in [-0.2, 0) is 28.5 Å². The van der Waals surface area contributed by atoms with Gasteiger partial charge in [0.15, 0.2) is 0 Å². The van der Waals surface area contributed by atoms with Crippen molar-refractivity contribution < 1.29 is 151 Å². The molecule has 0 aromatic carbocycles. The standard InChI is InChI=1S/C16H4F28N2O6/c17-3(18,1(45)47)5(21,22)9(29,30)49-13(37,38)15(41,42)51-11(33,34)7(25,26)8(27,28)12(35,36)52-16(43,44)14(39,40)50-10(31,32)6(23,24)4(19,20)2(46)48/h(H2,45,47)(H2,46,48). The van der Waals surface area contributed by atoms with Crippen LogP contribution in [0.2, 0.25) is 0 Å². The van der Waals surface area contributed by atoms with Gasteiger partial charge in [0.1, 0.15) is 0 Å². The third-order valence-electron chi connectivity index (χ3n) is 4.97. The Balaban J connectivity index is 6.73. The first-order valence-electron chi connectivity index (χ1n) is 10.7. The van der Waals surface area contributed by atoms with Crippen molar-refractivity contribution in [2.24, 2.45) is 11.5 Å². The lowest BCUT2D eigenvalue weighted by Crippen LogP contribution is -2.68. The third kappa shape index (κ3) is 7.59.